The van der Waals surface area contributed by atoms with Gasteiger partial charge < -0.3 is 10.3 Å². The maximum Gasteiger partial charge on any atom is 0.226 e. The van der Waals surface area contributed by atoms with Crippen molar-refractivity contribution in [3.05, 3.63) is 34.9 Å². The van der Waals surface area contributed by atoms with Gasteiger partial charge in [-0.05, 0) is 38.0 Å². The lowest BCUT2D eigenvalue weighted by Gasteiger charge is -2.00. The monoisotopic (exact) mass is 283 g/mol. The Balaban J connectivity index is 2.05. The van der Waals surface area contributed by atoms with Crippen LogP contribution in [-0.4, -0.2) is 16.2 Å². The first-order valence-electron chi connectivity index (χ1n) is 6.10. The third-order valence-electron chi connectivity index (χ3n) is 2.70. The van der Waals surface area contributed by atoms with E-state index in [-0.39, 0.29) is 11.1 Å². The SMILES string of the molecule is CC(N)CCCc1nc(-c2ccc(F)c(Cl)c2)no1. The number of aromatic nitrogens is 2. The van der Waals surface area contributed by atoms with E-state index in [1.165, 1.54) is 12.1 Å². The van der Waals surface area contributed by atoms with Crippen molar-refractivity contribution >= 4 is 11.6 Å². The highest BCUT2D eigenvalue weighted by atomic mass is 35.5. The maximum absolute atomic E-state index is 13.1. The number of rotatable bonds is 5. The highest BCUT2D eigenvalue weighted by molar-refractivity contribution is 6.31. The van der Waals surface area contributed by atoms with Crippen LogP contribution in [0.2, 0.25) is 5.02 Å². The molecule has 0 amide bonds. The predicted molar refractivity (Wildman–Crippen MR) is 71.3 cm³/mol. The minimum Gasteiger partial charge on any atom is -0.339 e. The molecule has 1 aromatic carbocycles. The van der Waals surface area contributed by atoms with Crippen LogP contribution in [0.1, 0.15) is 25.7 Å². The highest BCUT2D eigenvalue weighted by Gasteiger charge is 2.10. The van der Waals surface area contributed by atoms with Crippen LogP contribution in [0.4, 0.5) is 4.39 Å². The summed E-state index contributed by atoms with van der Waals surface area (Å²) in [6.45, 7) is 1.96. The Labute approximate surface area is 115 Å². The van der Waals surface area contributed by atoms with Crippen molar-refractivity contribution in [2.45, 2.75) is 32.2 Å². The van der Waals surface area contributed by atoms with Crippen LogP contribution < -0.4 is 5.73 Å². The molecule has 19 heavy (non-hydrogen) atoms. The molecule has 0 saturated heterocycles. The van der Waals surface area contributed by atoms with Gasteiger partial charge >= 0.3 is 0 Å². The van der Waals surface area contributed by atoms with Crippen LogP contribution in [0.3, 0.4) is 0 Å². The van der Waals surface area contributed by atoms with Crippen LogP contribution in [0.5, 0.6) is 0 Å². The van der Waals surface area contributed by atoms with E-state index in [4.69, 9.17) is 21.9 Å². The van der Waals surface area contributed by atoms with Crippen molar-refractivity contribution in [3.63, 3.8) is 0 Å². The van der Waals surface area contributed by atoms with Gasteiger partial charge in [0.25, 0.3) is 0 Å². The molecule has 2 N–H and O–H groups in total. The number of nitrogens with zero attached hydrogens (tertiary/aromatic N) is 2. The van der Waals surface area contributed by atoms with Crippen LogP contribution in [0.25, 0.3) is 11.4 Å². The van der Waals surface area contributed by atoms with Gasteiger partial charge in [-0.1, -0.05) is 16.8 Å². The van der Waals surface area contributed by atoms with E-state index >= 15 is 0 Å². The van der Waals surface area contributed by atoms with E-state index in [0.29, 0.717) is 23.7 Å². The minimum absolute atomic E-state index is 0.0424. The van der Waals surface area contributed by atoms with Gasteiger partial charge in [-0.25, -0.2) is 4.39 Å². The lowest BCUT2D eigenvalue weighted by Crippen LogP contribution is -2.14. The third-order valence-corrected chi connectivity index (χ3v) is 2.99. The largest absolute Gasteiger partial charge is 0.339 e. The van der Waals surface area contributed by atoms with Gasteiger partial charge in [0.15, 0.2) is 0 Å². The van der Waals surface area contributed by atoms with Crippen molar-refractivity contribution in [2.75, 3.05) is 0 Å². The molecule has 1 atom stereocenters. The van der Waals surface area contributed by atoms with Crippen LogP contribution in [-0.2, 0) is 6.42 Å². The molecule has 0 aliphatic rings. The van der Waals surface area contributed by atoms with Crippen molar-refractivity contribution in [3.8, 4) is 11.4 Å². The smallest absolute Gasteiger partial charge is 0.226 e. The summed E-state index contributed by atoms with van der Waals surface area (Å²) in [5, 5.41) is 3.90. The van der Waals surface area contributed by atoms with Gasteiger partial charge in [0, 0.05) is 18.0 Å². The first-order chi connectivity index (χ1) is 9.06. The maximum atomic E-state index is 13.1. The summed E-state index contributed by atoms with van der Waals surface area (Å²) in [6, 6.07) is 4.49. The Morgan fingerprint density at radius 1 is 1.47 bits per heavy atom. The van der Waals surface area contributed by atoms with E-state index in [2.05, 4.69) is 10.1 Å². The fraction of sp³-hybridized carbons (Fsp3) is 0.385. The second-order valence-corrected chi connectivity index (χ2v) is 4.92. The zero-order valence-electron chi connectivity index (χ0n) is 10.6. The van der Waals surface area contributed by atoms with Crippen molar-refractivity contribution in [1.82, 2.24) is 10.1 Å². The van der Waals surface area contributed by atoms with Crippen molar-refractivity contribution in [2.24, 2.45) is 5.73 Å². The fourth-order valence-electron chi connectivity index (χ4n) is 1.68. The number of nitrogens with two attached hydrogens (primary N) is 1. The van der Waals surface area contributed by atoms with Crippen LogP contribution in [0.15, 0.2) is 22.7 Å². The Hall–Kier alpha value is -1.46. The zero-order valence-corrected chi connectivity index (χ0v) is 11.3. The summed E-state index contributed by atoms with van der Waals surface area (Å²) in [5.41, 5.74) is 6.30. The predicted octanol–water partition coefficient (Wildman–Crippen LogP) is 3.20. The molecular formula is C13H15ClFN3O. The van der Waals surface area contributed by atoms with Gasteiger partial charge in [-0.2, -0.15) is 4.98 Å². The second-order valence-electron chi connectivity index (χ2n) is 4.51. The number of hydrogen-bond donors (Lipinski definition) is 1. The lowest BCUT2D eigenvalue weighted by molar-refractivity contribution is 0.373. The Kier molecular flexibility index (Phi) is 4.50. The summed E-state index contributed by atoms with van der Waals surface area (Å²) in [6.07, 6.45) is 2.48. The molecule has 1 unspecified atom stereocenters. The second kappa shape index (κ2) is 6.12. The molecule has 2 rings (SSSR count). The van der Waals surface area contributed by atoms with Crippen molar-refractivity contribution < 1.29 is 8.91 Å². The standard InChI is InChI=1S/C13H15ClFN3O/c1-8(16)3-2-4-12-17-13(18-19-12)9-5-6-11(15)10(14)7-9/h5-8H,2-4,16H2,1H3. The minimum atomic E-state index is -0.467. The molecule has 0 spiro atoms. The summed E-state index contributed by atoms with van der Waals surface area (Å²) in [4.78, 5) is 4.25. The van der Waals surface area contributed by atoms with Gasteiger partial charge in [-0.3, -0.25) is 0 Å². The van der Waals surface area contributed by atoms with Gasteiger partial charge in [0.2, 0.25) is 11.7 Å². The topological polar surface area (TPSA) is 64.9 Å². The summed E-state index contributed by atoms with van der Waals surface area (Å²) >= 11 is 5.71. The molecule has 0 radical (unpaired) electrons. The molecule has 102 valence electrons. The quantitative estimate of drug-likeness (QED) is 0.915. The summed E-state index contributed by atoms with van der Waals surface area (Å²) in [7, 11) is 0. The normalized spacial score (nSPS) is 12.6. The molecule has 0 bridgehead atoms. The Morgan fingerprint density at radius 3 is 2.95 bits per heavy atom. The number of hydrogen-bond acceptors (Lipinski definition) is 4. The first kappa shape index (κ1) is 14.0. The van der Waals surface area contributed by atoms with Crippen LogP contribution >= 0.6 is 11.6 Å². The Bertz CT molecular complexity index is 557. The third kappa shape index (κ3) is 3.75. The summed E-state index contributed by atoms with van der Waals surface area (Å²) < 4.78 is 18.2. The van der Waals surface area contributed by atoms with E-state index in [1.807, 2.05) is 6.92 Å². The molecule has 2 aromatic rings. The number of aryl methyl sites for hydroxylation is 1. The van der Waals surface area contributed by atoms with Crippen molar-refractivity contribution in [1.29, 1.82) is 0 Å². The van der Waals surface area contributed by atoms with Gasteiger partial charge in [0.1, 0.15) is 5.82 Å². The lowest BCUT2D eigenvalue weighted by atomic mass is 10.1. The molecule has 4 nitrogen and oxygen atoms in total. The van der Waals surface area contributed by atoms with E-state index in [0.717, 1.165) is 12.8 Å². The van der Waals surface area contributed by atoms with Crippen LogP contribution in [0, 0.1) is 5.82 Å². The molecule has 1 heterocycles. The van der Waals surface area contributed by atoms with E-state index < -0.39 is 5.82 Å². The van der Waals surface area contributed by atoms with Gasteiger partial charge in [0.05, 0.1) is 5.02 Å². The molecule has 0 aliphatic carbocycles. The molecule has 1 aromatic heterocycles. The molecule has 0 saturated carbocycles. The number of benzene rings is 1. The highest BCUT2D eigenvalue weighted by Crippen LogP contribution is 2.23. The van der Waals surface area contributed by atoms with E-state index in [9.17, 15) is 4.39 Å². The fourth-order valence-corrected chi connectivity index (χ4v) is 1.86. The molecule has 0 aliphatic heterocycles. The number of halogens is 2. The average molecular weight is 284 g/mol. The van der Waals surface area contributed by atoms with E-state index in [1.54, 1.807) is 6.07 Å². The molecule has 6 heteroatoms. The molecular weight excluding hydrogens is 269 g/mol. The Morgan fingerprint density at radius 2 is 2.26 bits per heavy atom. The zero-order chi connectivity index (χ0) is 13.8. The average Bonchev–Trinajstić information content (AvgIpc) is 2.81. The summed E-state index contributed by atoms with van der Waals surface area (Å²) in [5.74, 6) is 0.500. The first-order valence-corrected chi connectivity index (χ1v) is 6.47. The molecule has 0 fully saturated rings. The van der Waals surface area contributed by atoms with Gasteiger partial charge in [-0.15, -0.1) is 0 Å².